The third-order valence-electron chi connectivity index (χ3n) is 2.91. The van der Waals surface area contributed by atoms with E-state index in [0.717, 1.165) is 27.2 Å². The lowest BCUT2D eigenvalue weighted by Crippen LogP contribution is -1.93. The van der Waals surface area contributed by atoms with Crippen LogP contribution in [-0.4, -0.2) is 13.0 Å². The van der Waals surface area contributed by atoms with Crippen LogP contribution in [0.25, 0.3) is 0 Å². The van der Waals surface area contributed by atoms with Crippen molar-refractivity contribution in [2.45, 2.75) is 6.92 Å². The highest BCUT2D eigenvalue weighted by atomic mass is 79.9. The van der Waals surface area contributed by atoms with Gasteiger partial charge in [0.25, 0.3) is 0 Å². The SMILES string of the molecule is Cc1cccc(N/N=C\c2cc3c(cc2Br)OCO3)c1. The van der Waals surface area contributed by atoms with E-state index in [1.807, 2.05) is 43.3 Å². The highest BCUT2D eigenvalue weighted by Crippen LogP contribution is 2.36. The molecule has 0 saturated carbocycles. The third-order valence-corrected chi connectivity index (χ3v) is 3.59. The molecule has 0 amide bonds. The molecule has 0 radical (unpaired) electrons. The zero-order chi connectivity index (χ0) is 13.9. The fourth-order valence-electron chi connectivity index (χ4n) is 1.92. The monoisotopic (exact) mass is 332 g/mol. The van der Waals surface area contributed by atoms with Crippen LogP contribution in [0.4, 0.5) is 5.69 Å². The van der Waals surface area contributed by atoms with Gasteiger partial charge in [0.2, 0.25) is 6.79 Å². The van der Waals surface area contributed by atoms with E-state index in [2.05, 4.69) is 26.5 Å². The smallest absolute Gasteiger partial charge is 0.231 e. The van der Waals surface area contributed by atoms with Gasteiger partial charge in [0.15, 0.2) is 11.5 Å². The first-order chi connectivity index (χ1) is 9.72. The maximum absolute atomic E-state index is 5.35. The lowest BCUT2D eigenvalue weighted by molar-refractivity contribution is 0.174. The number of nitrogens with zero attached hydrogens (tertiary/aromatic N) is 1. The number of halogens is 1. The van der Waals surface area contributed by atoms with E-state index in [1.165, 1.54) is 5.56 Å². The zero-order valence-corrected chi connectivity index (χ0v) is 12.5. The predicted molar refractivity (Wildman–Crippen MR) is 82.7 cm³/mol. The van der Waals surface area contributed by atoms with Crippen LogP contribution in [0.5, 0.6) is 11.5 Å². The summed E-state index contributed by atoms with van der Waals surface area (Å²) < 4.78 is 11.6. The lowest BCUT2D eigenvalue weighted by Gasteiger charge is -2.03. The maximum atomic E-state index is 5.35. The first kappa shape index (κ1) is 13.0. The molecule has 1 N–H and O–H groups in total. The van der Waals surface area contributed by atoms with Crippen LogP contribution in [0.2, 0.25) is 0 Å². The van der Waals surface area contributed by atoms with Gasteiger partial charge in [-0.05, 0) is 52.7 Å². The van der Waals surface area contributed by atoms with Gasteiger partial charge in [0.1, 0.15) is 0 Å². The summed E-state index contributed by atoms with van der Waals surface area (Å²) in [5.41, 5.74) is 6.08. The Morgan fingerprint density at radius 3 is 2.80 bits per heavy atom. The Morgan fingerprint density at radius 2 is 2.00 bits per heavy atom. The van der Waals surface area contributed by atoms with Crippen molar-refractivity contribution in [1.82, 2.24) is 0 Å². The second kappa shape index (κ2) is 5.54. The molecule has 0 aliphatic carbocycles. The molecule has 0 atom stereocenters. The Labute approximate surface area is 125 Å². The van der Waals surface area contributed by atoms with Crippen LogP contribution in [0.15, 0.2) is 46.0 Å². The number of hydrogen-bond donors (Lipinski definition) is 1. The zero-order valence-electron chi connectivity index (χ0n) is 10.9. The topological polar surface area (TPSA) is 42.9 Å². The average Bonchev–Trinajstić information content (AvgIpc) is 2.86. The highest BCUT2D eigenvalue weighted by Gasteiger charge is 2.15. The Bertz CT molecular complexity index is 671. The Balaban J connectivity index is 1.76. The molecule has 0 spiro atoms. The number of rotatable bonds is 3. The van der Waals surface area contributed by atoms with Crippen molar-refractivity contribution in [2.75, 3.05) is 12.2 Å². The van der Waals surface area contributed by atoms with Gasteiger partial charge in [-0.1, -0.05) is 12.1 Å². The number of ether oxygens (including phenoxy) is 2. The van der Waals surface area contributed by atoms with E-state index in [-0.39, 0.29) is 6.79 Å². The number of benzene rings is 2. The van der Waals surface area contributed by atoms with Gasteiger partial charge in [-0.2, -0.15) is 5.10 Å². The highest BCUT2D eigenvalue weighted by molar-refractivity contribution is 9.10. The van der Waals surface area contributed by atoms with Gasteiger partial charge in [-0.25, -0.2) is 0 Å². The summed E-state index contributed by atoms with van der Waals surface area (Å²) >= 11 is 3.49. The van der Waals surface area contributed by atoms with Crippen molar-refractivity contribution >= 4 is 27.8 Å². The van der Waals surface area contributed by atoms with Crippen LogP contribution in [0, 0.1) is 6.92 Å². The molecule has 0 bridgehead atoms. The van der Waals surface area contributed by atoms with Crippen LogP contribution < -0.4 is 14.9 Å². The summed E-state index contributed by atoms with van der Waals surface area (Å²) in [6.45, 7) is 2.31. The first-order valence-corrected chi connectivity index (χ1v) is 6.96. The fourth-order valence-corrected chi connectivity index (χ4v) is 2.35. The molecule has 1 aliphatic rings. The van der Waals surface area contributed by atoms with Crippen molar-refractivity contribution in [3.05, 3.63) is 52.0 Å². The molecule has 5 heteroatoms. The molecule has 0 saturated heterocycles. The van der Waals surface area contributed by atoms with E-state index in [1.54, 1.807) is 6.21 Å². The molecule has 0 aromatic heterocycles. The second-order valence-corrected chi connectivity index (χ2v) is 5.32. The van der Waals surface area contributed by atoms with Gasteiger partial charge in [0.05, 0.1) is 11.9 Å². The van der Waals surface area contributed by atoms with Crippen molar-refractivity contribution in [1.29, 1.82) is 0 Å². The number of nitrogens with one attached hydrogen (secondary N) is 1. The number of aryl methyl sites for hydroxylation is 1. The maximum Gasteiger partial charge on any atom is 0.231 e. The Morgan fingerprint density at radius 1 is 1.20 bits per heavy atom. The van der Waals surface area contributed by atoms with E-state index >= 15 is 0 Å². The largest absolute Gasteiger partial charge is 0.454 e. The first-order valence-electron chi connectivity index (χ1n) is 6.17. The summed E-state index contributed by atoms with van der Waals surface area (Å²) in [5.74, 6) is 1.49. The molecule has 0 unspecified atom stereocenters. The normalized spacial score (nSPS) is 12.9. The van der Waals surface area contributed by atoms with Gasteiger partial charge < -0.3 is 9.47 Å². The van der Waals surface area contributed by atoms with Crippen molar-refractivity contribution in [3.63, 3.8) is 0 Å². The summed E-state index contributed by atoms with van der Waals surface area (Å²) in [6.07, 6.45) is 1.74. The van der Waals surface area contributed by atoms with Crippen molar-refractivity contribution in [3.8, 4) is 11.5 Å². The molecular formula is C15H13BrN2O2. The number of hydrazone groups is 1. The summed E-state index contributed by atoms with van der Waals surface area (Å²) in [6, 6.07) is 11.8. The minimum atomic E-state index is 0.268. The van der Waals surface area contributed by atoms with Gasteiger partial charge in [-0.15, -0.1) is 0 Å². The molecule has 2 aromatic rings. The van der Waals surface area contributed by atoms with Crippen molar-refractivity contribution in [2.24, 2.45) is 5.10 Å². The van der Waals surface area contributed by atoms with Crippen LogP contribution >= 0.6 is 15.9 Å². The summed E-state index contributed by atoms with van der Waals surface area (Å²) in [4.78, 5) is 0. The van der Waals surface area contributed by atoms with Gasteiger partial charge in [0, 0.05) is 10.0 Å². The minimum Gasteiger partial charge on any atom is -0.454 e. The molecule has 1 aliphatic heterocycles. The Kier molecular flexibility index (Phi) is 3.60. The molecule has 3 rings (SSSR count). The lowest BCUT2D eigenvalue weighted by atomic mass is 10.2. The molecule has 1 heterocycles. The standard InChI is InChI=1S/C15H13BrN2O2/c1-10-3-2-4-12(5-10)18-17-8-11-6-14-15(7-13(11)16)20-9-19-14/h2-8,18H,9H2,1H3/b17-8-. The number of fused-ring (bicyclic) bond motifs is 1. The van der Waals surface area contributed by atoms with E-state index in [4.69, 9.17) is 9.47 Å². The number of hydrogen-bond acceptors (Lipinski definition) is 4. The number of anilines is 1. The quantitative estimate of drug-likeness (QED) is 0.684. The molecule has 2 aromatic carbocycles. The van der Waals surface area contributed by atoms with E-state index < -0.39 is 0 Å². The molecule has 4 nitrogen and oxygen atoms in total. The molecule has 102 valence electrons. The fraction of sp³-hybridized carbons (Fsp3) is 0.133. The molecular weight excluding hydrogens is 320 g/mol. The van der Waals surface area contributed by atoms with Crippen LogP contribution in [-0.2, 0) is 0 Å². The summed E-state index contributed by atoms with van der Waals surface area (Å²) in [7, 11) is 0. The van der Waals surface area contributed by atoms with Crippen LogP contribution in [0.1, 0.15) is 11.1 Å². The van der Waals surface area contributed by atoms with E-state index in [9.17, 15) is 0 Å². The van der Waals surface area contributed by atoms with Crippen LogP contribution in [0.3, 0.4) is 0 Å². The Hall–Kier alpha value is -2.01. The second-order valence-electron chi connectivity index (χ2n) is 4.47. The molecule has 20 heavy (non-hydrogen) atoms. The molecule has 0 fully saturated rings. The third kappa shape index (κ3) is 2.77. The minimum absolute atomic E-state index is 0.268. The van der Waals surface area contributed by atoms with E-state index in [0.29, 0.717) is 0 Å². The average molecular weight is 333 g/mol. The van der Waals surface area contributed by atoms with Gasteiger partial charge in [-0.3, -0.25) is 5.43 Å². The summed E-state index contributed by atoms with van der Waals surface area (Å²) in [5, 5.41) is 4.24. The predicted octanol–water partition coefficient (Wildman–Crippen LogP) is 3.93. The van der Waals surface area contributed by atoms with Crippen molar-refractivity contribution < 1.29 is 9.47 Å². The van der Waals surface area contributed by atoms with Gasteiger partial charge >= 0.3 is 0 Å².